The lowest BCUT2D eigenvalue weighted by Gasteiger charge is -2.00. The molecule has 0 unspecified atom stereocenters. The Morgan fingerprint density at radius 2 is 1.35 bits per heavy atom. The molecule has 0 aromatic carbocycles. The quantitative estimate of drug-likeness (QED) is 0.371. The van der Waals surface area contributed by atoms with Crippen LogP contribution in [-0.2, 0) is 4.79 Å². The molecule has 0 saturated heterocycles. The largest absolute Gasteiger partial charge is 0.550 e. The van der Waals surface area contributed by atoms with Gasteiger partial charge in [-0.25, -0.2) is 0 Å². The maximum atomic E-state index is 10.2. The van der Waals surface area contributed by atoms with E-state index >= 15 is 0 Å². The molecule has 0 aromatic rings. The fraction of sp³-hybridized carbons (Fsp3) is 0.611. The maximum Gasteiger partial charge on any atom is 0.0414 e. The fourth-order valence-corrected chi connectivity index (χ4v) is 1.88. The van der Waals surface area contributed by atoms with Crippen molar-refractivity contribution >= 4 is 5.97 Å². The van der Waals surface area contributed by atoms with E-state index in [-0.39, 0.29) is 6.42 Å². The molecule has 0 radical (unpaired) electrons. The number of unbranched alkanes of at least 4 members (excludes halogenated alkanes) is 7. The standard InChI is InChI=1S/C18H30O2/c1-2-3-4-5-6-7-8-9-10-11-12-13-14-15-16-17-18(19)20/h6-11H,2-5,12-17H2,1H3,(H,19,20)/p-1/b7-6-,9-8-,11-10+. The number of allylic oxidation sites excluding steroid dienone is 6. The van der Waals surface area contributed by atoms with E-state index in [1.165, 1.54) is 25.7 Å². The molecule has 2 nitrogen and oxygen atoms in total. The van der Waals surface area contributed by atoms with Crippen LogP contribution in [0.5, 0.6) is 0 Å². The first-order valence-electron chi connectivity index (χ1n) is 7.95. The van der Waals surface area contributed by atoms with Gasteiger partial charge < -0.3 is 9.90 Å². The summed E-state index contributed by atoms with van der Waals surface area (Å²) in [6.07, 6.45) is 23.0. The van der Waals surface area contributed by atoms with E-state index in [1.807, 2.05) is 0 Å². The van der Waals surface area contributed by atoms with Gasteiger partial charge in [-0.3, -0.25) is 0 Å². The zero-order valence-corrected chi connectivity index (χ0v) is 12.9. The third kappa shape index (κ3) is 16.7. The van der Waals surface area contributed by atoms with Gasteiger partial charge in [0.2, 0.25) is 0 Å². The van der Waals surface area contributed by atoms with Gasteiger partial charge in [-0.2, -0.15) is 0 Å². The first-order valence-corrected chi connectivity index (χ1v) is 7.95. The topological polar surface area (TPSA) is 40.1 Å². The first-order chi connectivity index (χ1) is 9.77. The van der Waals surface area contributed by atoms with Crippen LogP contribution in [0.15, 0.2) is 36.5 Å². The minimum Gasteiger partial charge on any atom is -0.550 e. The van der Waals surface area contributed by atoms with Gasteiger partial charge in [0.1, 0.15) is 0 Å². The molecule has 0 aromatic heterocycles. The van der Waals surface area contributed by atoms with Crippen molar-refractivity contribution in [2.24, 2.45) is 0 Å². The summed E-state index contributed by atoms with van der Waals surface area (Å²) >= 11 is 0. The molecule has 0 aliphatic carbocycles. The number of hydrogen-bond donors (Lipinski definition) is 0. The lowest BCUT2D eigenvalue weighted by atomic mass is 10.1. The number of hydrogen-bond acceptors (Lipinski definition) is 2. The van der Waals surface area contributed by atoms with Crippen molar-refractivity contribution in [1.29, 1.82) is 0 Å². The zero-order chi connectivity index (χ0) is 14.9. The monoisotopic (exact) mass is 277 g/mol. The highest BCUT2D eigenvalue weighted by molar-refractivity contribution is 5.63. The van der Waals surface area contributed by atoms with Gasteiger partial charge in [0.15, 0.2) is 0 Å². The van der Waals surface area contributed by atoms with E-state index in [4.69, 9.17) is 0 Å². The lowest BCUT2D eigenvalue weighted by molar-refractivity contribution is -0.305. The summed E-state index contributed by atoms with van der Waals surface area (Å²) in [5, 5.41) is 10.2. The summed E-state index contributed by atoms with van der Waals surface area (Å²) in [6, 6.07) is 0. The van der Waals surface area contributed by atoms with Gasteiger partial charge in [-0.05, 0) is 38.5 Å². The number of aliphatic carboxylic acids is 1. The molecule has 0 aliphatic heterocycles. The van der Waals surface area contributed by atoms with E-state index in [2.05, 4.69) is 43.4 Å². The second kappa shape index (κ2) is 15.7. The third-order valence-electron chi connectivity index (χ3n) is 3.08. The Kier molecular flexibility index (Phi) is 14.7. The first kappa shape index (κ1) is 18.7. The number of rotatable bonds is 13. The smallest absolute Gasteiger partial charge is 0.0414 e. The molecular weight excluding hydrogens is 248 g/mol. The Bertz CT molecular complexity index is 301. The van der Waals surface area contributed by atoms with Crippen molar-refractivity contribution < 1.29 is 9.90 Å². The van der Waals surface area contributed by atoms with Crippen LogP contribution in [0.1, 0.15) is 71.1 Å². The second-order valence-electron chi connectivity index (χ2n) is 5.06. The molecule has 0 fully saturated rings. The molecular formula is C18H29O2-. The van der Waals surface area contributed by atoms with E-state index in [0.717, 1.165) is 32.1 Å². The lowest BCUT2D eigenvalue weighted by Crippen LogP contribution is -2.21. The zero-order valence-electron chi connectivity index (χ0n) is 12.9. The number of carboxylic acids is 1. The Labute approximate surface area is 124 Å². The van der Waals surface area contributed by atoms with E-state index in [0.29, 0.717) is 0 Å². The van der Waals surface area contributed by atoms with Crippen molar-refractivity contribution in [3.05, 3.63) is 36.5 Å². The molecule has 0 amide bonds. The number of carbonyl (C=O) groups is 1. The molecule has 0 rings (SSSR count). The highest BCUT2D eigenvalue weighted by Gasteiger charge is 1.89. The van der Waals surface area contributed by atoms with Crippen LogP contribution in [0.3, 0.4) is 0 Å². The summed E-state index contributed by atoms with van der Waals surface area (Å²) in [5.74, 6) is -0.933. The van der Waals surface area contributed by atoms with Crippen LogP contribution < -0.4 is 5.11 Å². The van der Waals surface area contributed by atoms with Crippen LogP contribution in [0.4, 0.5) is 0 Å². The van der Waals surface area contributed by atoms with Gasteiger partial charge in [0.25, 0.3) is 0 Å². The van der Waals surface area contributed by atoms with Gasteiger partial charge in [0, 0.05) is 5.97 Å². The summed E-state index contributed by atoms with van der Waals surface area (Å²) in [4.78, 5) is 10.2. The summed E-state index contributed by atoms with van der Waals surface area (Å²) in [7, 11) is 0. The highest BCUT2D eigenvalue weighted by Crippen LogP contribution is 2.05. The molecule has 0 saturated carbocycles. The Balaban J connectivity index is 3.32. The molecule has 0 spiro atoms. The van der Waals surface area contributed by atoms with E-state index < -0.39 is 5.97 Å². The SMILES string of the molecule is CCCCC\C=C/C=C\C=C\CCCCCCC(=O)[O-]. The van der Waals surface area contributed by atoms with Crippen LogP contribution in [0.2, 0.25) is 0 Å². The second-order valence-corrected chi connectivity index (χ2v) is 5.06. The van der Waals surface area contributed by atoms with Gasteiger partial charge >= 0.3 is 0 Å². The predicted octanol–water partition coefficient (Wildman–Crippen LogP) is 4.33. The fourth-order valence-electron chi connectivity index (χ4n) is 1.88. The summed E-state index contributed by atoms with van der Waals surface area (Å²) in [6.45, 7) is 2.22. The van der Waals surface area contributed by atoms with Crippen molar-refractivity contribution in [3.63, 3.8) is 0 Å². The molecule has 20 heavy (non-hydrogen) atoms. The van der Waals surface area contributed by atoms with Crippen LogP contribution in [0.25, 0.3) is 0 Å². The average Bonchev–Trinajstić information content (AvgIpc) is 2.43. The van der Waals surface area contributed by atoms with Crippen molar-refractivity contribution in [1.82, 2.24) is 0 Å². The predicted molar refractivity (Wildman–Crippen MR) is 84.3 cm³/mol. The highest BCUT2D eigenvalue weighted by atomic mass is 16.4. The maximum absolute atomic E-state index is 10.2. The van der Waals surface area contributed by atoms with Crippen molar-refractivity contribution in [2.45, 2.75) is 71.1 Å². The van der Waals surface area contributed by atoms with Crippen LogP contribution >= 0.6 is 0 Å². The van der Waals surface area contributed by atoms with Crippen LogP contribution in [0, 0.1) is 0 Å². The molecule has 114 valence electrons. The molecule has 0 heterocycles. The van der Waals surface area contributed by atoms with E-state index in [1.54, 1.807) is 0 Å². The van der Waals surface area contributed by atoms with Gasteiger partial charge in [-0.1, -0.05) is 69.1 Å². The van der Waals surface area contributed by atoms with Crippen molar-refractivity contribution in [3.8, 4) is 0 Å². The molecule has 0 N–H and O–H groups in total. The normalized spacial score (nSPS) is 12.1. The molecule has 2 heteroatoms. The van der Waals surface area contributed by atoms with Gasteiger partial charge in [0.05, 0.1) is 0 Å². The molecule has 0 bridgehead atoms. The van der Waals surface area contributed by atoms with E-state index in [9.17, 15) is 9.90 Å². The number of carbonyl (C=O) groups excluding carboxylic acids is 1. The van der Waals surface area contributed by atoms with Crippen LogP contribution in [-0.4, -0.2) is 5.97 Å². The minimum absolute atomic E-state index is 0.198. The molecule has 0 aliphatic rings. The molecule has 0 atom stereocenters. The Morgan fingerprint density at radius 1 is 0.800 bits per heavy atom. The summed E-state index contributed by atoms with van der Waals surface area (Å²) < 4.78 is 0. The van der Waals surface area contributed by atoms with Gasteiger partial charge in [-0.15, -0.1) is 0 Å². The number of carboxylic acid groups (broad SMARTS) is 1. The summed E-state index contributed by atoms with van der Waals surface area (Å²) in [5.41, 5.74) is 0. The van der Waals surface area contributed by atoms with Crippen molar-refractivity contribution in [2.75, 3.05) is 0 Å². The third-order valence-corrected chi connectivity index (χ3v) is 3.08. The average molecular weight is 277 g/mol. The minimum atomic E-state index is -0.933. The Hall–Kier alpha value is -1.31. The Morgan fingerprint density at radius 3 is 1.90 bits per heavy atom.